The zero-order chi connectivity index (χ0) is 22.4. The molecule has 3 rings (SSSR count). The van der Waals surface area contributed by atoms with Crippen molar-refractivity contribution in [3.63, 3.8) is 0 Å². The van der Waals surface area contributed by atoms with Crippen molar-refractivity contribution in [2.75, 3.05) is 18.4 Å². The standard InChI is InChI=1S/C21H23FN4O4S/c1-3-5-13-26(4-2)31(28,29)18-11-9-15(10-12-18)19(27)23-21-25-24-20(30-21)16-7-6-8-17(22)14-16/h6-12,14H,3-5,13H2,1-2H3,(H,23,25,27). The van der Waals surface area contributed by atoms with Crippen molar-refractivity contribution >= 4 is 21.9 Å². The molecule has 1 heterocycles. The van der Waals surface area contributed by atoms with Gasteiger partial charge in [0, 0.05) is 24.2 Å². The Morgan fingerprint density at radius 1 is 1.13 bits per heavy atom. The second kappa shape index (κ2) is 9.80. The number of aromatic nitrogens is 2. The van der Waals surface area contributed by atoms with Crippen LogP contribution in [0.5, 0.6) is 0 Å². The van der Waals surface area contributed by atoms with Crippen molar-refractivity contribution < 1.29 is 22.0 Å². The summed E-state index contributed by atoms with van der Waals surface area (Å²) in [4.78, 5) is 12.6. The minimum absolute atomic E-state index is 0.0583. The van der Waals surface area contributed by atoms with Gasteiger partial charge in [0.15, 0.2) is 0 Å². The molecule has 164 valence electrons. The average Bonchev–Trinajstić information content (AvgIpc) is 3.23. The Morgan fingerprint density at radius 3 is 2.52 bits per heavy atom. The molecule has 0 atom stereocenters. The van der Waals surface area contributed by atoms with Gasteiger partial charge in [0.25, 0.3) is 5.91 Å². The molecule has 0 aliphatic rings. The lowest BCUT2D eigenvalue weighted by Crippen LogP contribution is -2.31. The van der Waals surface area contributed by atoms with E-state index in [4.69, 9.17) is 4.42 Å². The number of hydrogen-bond donors (Lipinski definition) is 1. The molecule has 0 saturated heterocycles. The highest BCUT2D eigenvalue weighted by Crippen LogP contribution is 2.21. The molecular weight excluding hydrogens is 423 g/mol. The molecule has 0 saturated carbocycles. The Kier molecular flexibility index (Phi) is 7.13. The number of unbranched alkanes of at least 4 members (excludes halogenated alkanes) is 1. The number of nitrogens with one attached hydrogen (secondary N) is 1. The van der Waals surface area contributed by atoms with E-state index in [0.29, 0.717) is 18.7 Å². The van der Waals surface area contributed by atoms with Crippen molar-refractivity contribution in [3.05, 3.63) is 59.9 Å². The van der Waals surface area contributed by atoms with Gasteiger partial charge in [0.2, 0.25) is 15.9 Å². The molecule has 0 radical (unpaired) electrons. The van der Waals surface area contributed by atoms with E-state index >= 15 is 0 Å². The maximum Gasteiger partial charge on any atom is 0.322 e. The van der Waals surface area contributed by atoms with Gasteiger partial charge in [0.1, 0.15) is 5.82 Å². The van der Waals surface area contributed by atoms with Crippen molar-refractivity contribution in [2.24, 2.45) is 0 Å². The SMILES string of the molecule is CCCCN(CC)S(=O)(=O)c1ccc(C(=O)Nc2nnc(-c3cccc(F)c3)o2)cc1. The van der Waals surface area contributed by atoms with Crippen LogP contribution in [0.4, 0.5) is 10.4 Å². The summed E-state index contributed by atoms with van der Waals surface area (Å²) >= 11 is 0. The van der Waals surface area contributed by atoms with Crippen LogP contribution in [0.3, 0.4) is 0 Å². The fourth-order valence-corrected chi connectivity index (χ4v) is 4.38. The van der Waals surface area contributed by atoms with Gasteiger partial charge in [-0.25, -0.2) is 12.8 Å². The molecule has 1 aromatic heterocycles. The van der Waals surface area contributed by atoms with E-state index in [9.17, 15) is 17.6 Å². The summed E-state index contributed by atoms with van der Waals surface area (Å²) in [7, 11) is -3.63. The summed E-state index contributed by atoms with van der Waals surface area (Å²) in [5, 5.41) is 9.97. The Bertz CT molecular complexity index is 1150. The second-order valence-electron chi connectivity index (χ2n) is 6.75. The van der Waals surface area contributed by atoms with E-state index in [2.05, 4.69) is 15.5 Å². The minimum atomic E-state index is -3.63. The monoisotopic (exact) mass is 446 g/mol. The molecule has 0 spiro atoms. The third kappa shape index (κ3) is 5.33. The van der Waals surface area contributed by atoms with Gasteiger partial charge >= 0.3 is 6.01 Å². The number of halogens is 1. The smallest absolute Gasteiger partial charge is 0.322 e. The number of amides is 1. The van der Waals surface area contributed by atoms with Crippen molar-refractivity contribution in [1.82, 2.24) is 14.5 Å². The van der Waals surface area contributed by atoms with E-state index in [-0.39, 0.29) is 22.4 Å². The van der Waals surface area contributed by atoms with Crippen molar-refractivity contribution in [3.8, 4) is 11.5 Å². The van der Waals surface area contributed by atoms with E-state index in [1.165, 1.54) is 46.8 Å². The van der Waals surface area contributed by atoms with Crippen LogP contribution >= 0.6 is 0 Å². The van der Waals surface area contributed by atoms with E-state index in [0.717, 1.165) is 12.8 Å². The molecule has 0 fully saturated rings. The average molecular weight is 447 g/mol. The van der Waals surface area contributed by atoms with E-state index in [1.54, 1.807) is 13.0 Å². The number of carbonyl (C=O) groups is 1. The molecule has 0 aliphatic heterocycles. The van der Waals surface area contributed by atoms with Crippen LogP contribution in [0.25, 0.3) is 11.5 Å². The lowest BCUT2D eigenvalue weighted by molar-refractivity contribution is 0.102. The molecule has 8 nitrogen and oxygen atoms in total. The zero-order valence-electron chi connectivity index (χ0n) is 17.2. The normalized spacial score (nSPS) is 11.6. The fourth-order valence-electron chi connectivity index (χ4n) is 2.89. The van der Waals surface area contributed by atoms with E-state index < -0.39 is 21.7 Å². The number of benzene rings is 2. The van der Waals surface area contributed by atoms with E-state index in [1.807, 2.05) is 6.92 Å². The molecule has 1 amide bonds. The fraction of sp³-hybridized carbons (Fsp3) is 0.286. The van der Waals surface area contributed by atoms with Gasteiger partial charge in [-0.15, -0.1) is 5.10 Å². The van der Waals surface area contributed by atoms with Crippen LogP contribution in [0.15, 0.2) is 57.8 Å². The van der Waals surface area contributed by atoms with Crippen molar-refractivity contribution in [1.29, 1.82) is 0 Å². The minimum Gasteiger partial charge on any atom is -0.403 e. The predicted octanol–water partition coefficient (Wildman–Crippen LogP) is 3.94. The number of anilines is 1. The third-order valence-corrected chi connectivity index (χ3v) is 6.57. The molecule has 10 heteroatoms. The summed E-state index contributed by atoms with van der Waals surface area (Å²) in [6.07, 6.45) is 1.66. The van der Waals surface area contributed by atoms with Gasteiger partial charge < -0.3 is 4.42 Å². The number of nitrogens with zero attached hydrogens (tertiary/aromatic N) is 3. The highest BCUT2D eigenvalue weighted by Gasteiger charge is 2.23. The lowest BCUT2D eigenvalue weighted by Gasteiger charge is -2.20. The lowest BCUT2D eigenvalue weighted by atomic mass is 10.2. The maximum absolute atomic E-state index is 13.3. The molecule has 1 N–H and O–H groups in total. The topological polar surface area (TPSA) is 105 Å². The second-order valence-corrected chi connectivity index (χ2v) is 8.69. The van der Waals surface area contributed by atoms with Gasteiger partial charge in [0.05, 0.1) is 4.90 Å². The molecule has 3 aromatic rings. The molecular formula is C21H23FN4O4S. The first-order chi connectivity index (χ1) is 14.8. The summed E-state index contributed by atoms with van der Waals surface area (Å²) in [6, 6.07) is 11.1. The van der Waals surface area contributed by atoms with Crippen LogP contribution < -0.4 is 5.32 Å². The summed E-state index contributed by atoms with van der Waals surface area (Å²) in [5.74, 6) is -0.938. The number of rotatable bonds is 9. The summed E-state index contributed by atoms with van der Waals surface area (Å²) in [6.45, 7) is 4.60. The van der Waals surface area contributed by atoms with Crippen LogP contribution in [0.1, 0.15) is 37.0 Å². The quantitative estimate of drug-likeness (QED) is 0.534. The molecule has 0 aliphatic carbocycles. The van der Waals surface area contributed by atoms with Gasteiger partial charge in [-0.1, -0.05) is 31.4 Å². The maximum atomic E-state index is 13.3. The van der Waals surface area contributed by atoms with Crippen LogP contribution in [0.2, 0.25) is 0 Å². The van der Waals surface area contributed by atoms with Crippen LogP contribution in [0, 0.1) is 5.82 Å². The first-order valence-corrected chi connectivity index (χ1v) is 11.3. The Morgan fingerprint density at radius 2 is 1.87 bits per heavy atom. The Labute approximate surface area is 180 Å². The number of hydrogen-bond acceptors (Lipinski definition) is 6. The van der Waals surface area contributed by atoms with Crippen LogP contribution in [-0.4, -0.2) is 41.9 Å². The molecule has 0 unspecified atom stereocenters. The summed E-state index contributed by atoms with van der Waals surface area (Å²) < 4.78 is 45.6. The molecule has 2 aromatic carbocycles. The third-order valence-electron chi connectivity index (χ3n) is 4.59. The first-order valence-electron chi connectivity index (χ1n) is 9.86. The molecule has 31 heavy (non-hydrogen) atoms. The molecule has 0 bridgehead atoms. The highest BCUT2D eigenvalue weighted by molar-refractivity contribution is 7.89. The Hall–Kier alpha value is -3.11. The van der Waals surface area contributed by atoms with Crippen LogP contribution in [-0.2, 0) is 10.0 Å². The Balaban J connectivity index is 1.71. The number of carbonyl (C=O) groups excluding carboxylic acids is 1. The first kappa shape index (κ1) is 22.6. The number of sulfonamides is 1. The largest absolute Gasteiger partial charge is 0.403 e. The zero-order valence-corrected chi connectivity index (χ0v) is 18.0. The highest BCUT2D eigenvalue weighted by atomic mass is 32.2. The predicted molar refractivity (Wildman–Crippen MR) is 113 cm³/mol. The van der Waals surface area contributed by atoms with Gasteiger partial charge in [-0.2, -0.15) is 4.31 Å². The van der Waals surface area contributed by atoms with Gasteiger partial charge in [-0.3, -0.25) is 10.1 Å². The summed E-state index contributed by atoms with van der Waals surface area (Å²) in [5.41, 5.74) is 0.604. The van der Waals surface area contributed by atoms with Crippen molar-refractivity contribution in [2.45, 2.75) is 31.6 Å². The van der Waals surface area contributed by atoms with Gasteiger partial charge in [-0.05, 0) is 48.9 Å².